The van der Waals surface area contributed by atoms with Crippen LogP contribution in [0.15, 0.2) is 96.8 Å². The predicted molar refractivity (Wildman–Crippen MR) is 183 cm³/mol. The van der Waals surface area contributed by atoms with Crippen LogP contribution in [0.2, 0.25) is 0 Å². The Kier molecular flexibility index (Phi) is 12.4. The molecule has 1 aliphatic rings. The van der Waals surface area contributed by atoms with Crippen LogP contribution in [0, 0.1) is 0 Å². The van der Waals surface area contributed by atoms with Gasteiger partial charge in [-0.15, -0.1) is 0 Å². The van der Waals surface area contributed by atoms with Crippen LogP contribution in [0.1, 0.15) is 63.8 Å². The second-order valence-corrected chi connectivity index (χ2v) is 12.8. The number of nitrogens with zero attached hydrogens (tertiary/aromatic N) is 1. The Labute approximate surface area is 287 Å². The summed E-state index contributed by atoms with van der Waals surface area (Å²) in [5.74, 6) is -2.03. The molecule has 260 valence electrons. The normalized spacial score (nSPS) is 17.3. The lowest BCUT2D eigenvalue weighted by molar-refractivity contribution is -0.154. The number of phenols is 1. The smallest absolute Gasteiger partial charge is 0.408 e. The molecule has 1 heterocycles. The van der Waals surface area contributed by atoms with Crippen LogP contribution in [-0.2, 0) is 35.0 Å². The van der Waals surface area contributed by atoms with Gasteiger partial charge in [-0.1, -0.05) is 79.7 Å². The van der Waals surface area contributed by atoms with Crippen molar-refractivity contribution in [1.82, 2.24) is 15.5 Å². The van der Waals surface area contributed by atoms with Crippen LogP contribution in [0.4, 0.5) is 4.79 Å². The van der Waals surface area contributed by atoms with Crippen LogP contribution in [0.25, 0.3) is 0 Å². The number of carbonyl (C=O) groups excluding carboxylic acids is 4. The number of amides is 3. The van der Waals surface area contributed by atoms with Crippen LogP contribution < -0.4 is 10.6 Å². The standard InChI is InChI=1S/C38H45N3O8/c1-6-21-41(22-20-26-14-13-19-29(43)23-26)35(44)34-32(39-25(2)42)30(40-37(46)49-38(3,4)5)24-31(47-34)36(45)48-33(27-15-9-7-10-16-27)28-17-11-8-12-18-28/h7-19,23-24,30,32-34,43H,6,20-22H2,1-5H3,(H,39,42)(H,40,46)/t30-,32+,34+/m0/s1. The van der Waals surface area contributed by atoms with Crippen LogP contribution in [-0.4, -0.2) is 70.8 Å². The number of alkyl carbamates (subject to hydrolysis) is 1. The zero-order valence-corrected chi connectivity index (χ0v) is 28.6. The summed E-state index contributed by atoms with van der Waals surface area (Å²) in [6.07, 6.45) is -0.663. The van der Waals surface area contributed by atoms with Crippen molar-refractivity contribution in [2.24, 2.45) is 0 Å². The van der Waals surface area contributed by atoms with Crippen molar-refractivity contribution < 1.29 is 38.5 Å². The van der Waals surface area contributed by atoms with E-state index in [1.165, 1.54) is 13.0 Å². The molecule has 3 aromatic carbocycles. The number of esters is 1. The van der Waals surface area contributed by atoms with Gasteiger partial charge in [0.25, 0.3) is 5.91 Å². The first-order valence-electron chi connectivity index (χ1n) is 16.4. The molecule has 49 heavy (non-hydrogen) atoms. The van der Waals surface area contributed by atoms with Crippen molar-refractivity contribution in [3.05, 3.63) is 113 Å². The molecule has 0 fully saturated rings. The van der Waals surface area contributed by atoms with Crippen molar-refractivity contribution >= 4 is 23.9 Å². The van der Waals surface area contributed by atoms with E-state index in [1.807, 2.05) is 73.7 Å². The second kappa shape index (κ2) is 16.7. The lowest BCUT2D eigenvalue weighted by atomic mass is 9.96. The van der Waals surface area contributed by atoms with Gasteiger partial charge in [0.2, 0.25) is 11.7 Å². The number of carbonyl (C=O) groups is 4. The SMILES string of the molecule is CCCN(CCc1cccc(O)c1)C(=O)[C@@H]1OC(C(=O)OC(c2ccccc2)c2ccccc2)=C[C@H](NC(=O)OC(C)(C)C)[C@H]1NC(C)=O. The highest BCUT2D eigenvalue weighted by Gasteiger charge is 2.45. The molecule has 0 spiro atoms. The average molecular weight is 672 g/mol. The fourth-order valence-corrected chi connectivity index (χ4v) is 5.51. The Bertz CT molecular complexity index is 1580. The minimum atomic E-state index is -1.42. The number of hydrogen-bond donors (Lipinski definition) is 3. The first kappa shape index (κ1) is 36.5. The molecule has 0 bridgehead atoms. The van der Waals surface area contributed by atoms with E-state index in [0.717, 1.165) is 5.56 Å². The van der Waals surface area contributed by atoms with Crippen LogP contribution in [0.3, 0.4) is 0 Å². The van der Waals surface area contributed by atoms with E-state index in [2.05, 4.69) is 10.6 Å². The van der Waals surface area contributed by atoms with Gasteiger partial charge in [-0.2, -0.15) is 0 Å². The maximum Gasteiger partial charge on any atom is 0.408 e. The number of ether oxygens (including phenoxy) is 3. The highest BCUT2D eigenvalue weighted by Crippen LogP contribution is 2.29. The van der Waals surface area contributed by atoms with Gasteiger partial charge in [-0.25, -0.2) is 9.59 Å². The van der Waals surface area contributed by atoms with Crippen molar-refractivity contribution in [1.29, 1.82) is 0 Å². The van der Waals surface area contributed by atoms with E-state index in [9.17, 15) is 24.3 Å². The third-order valence-electron chi connectivity index (χ3n) is 7.61. The number of hydrogen-bond acceptors (Lipinski definition) is 8. The van der Waals surface area contributed by atoms with Crippen LogP contribution in [0.5, 0.6) is 5.75 Å². The molecule has 3 aromatic rings. The molecule has 3 atom stereocenters. The monoisotopic (exact) mass is 671 g/mol. The number of benzene rings is 3. The van der Waals surface area contributed by atoms with E-state index in [4.69, 9.17) is 14.2 Å². The first-order valence-corrected chi connectivity index (χ1v) is 16.4. The Morgan fingerprint density at radius 2 is 1.53 bits per heavy atom. The highest BCUT2D eigenvalue weighted by atomic mass is 16.6. The minimum Gasteiger partial charge on any atom is -0.508 e. The third-order valence-corrected chi connectivity index (χ3v) is 7.61. The second-order valence-electron chi connectivity index (χ2n) is 12.8. The minimum absolute atomic E-state index is 0.112. The molecular formula is C38H45N3O8. The third kappa shape index (κ3) is 10.6. The van der Waals surface area contributed by atoms with Crippen molar-refractivity contribution in [3.8, 4) is 5.75 Å². The molecule has 1 aliphatic heterocycles. The van der Waals surface area contributed by atoms with E-state index in [1.54, 1.807) is 43.9 Å². The van der Waals surface area contributed by atoms with Crippen molar-refractivity contribution in [3.63, 3.8) is 0 Å². The molecule has 0 aromatic heterocycles. The Morgan fingerprint density at radius 3 is 2.08 bits per heavy atom. The summed E-state index contributed by atoms with van der Waals surface area (Å²) in [5, 5.41) is 15.4. The fraction of sp³-hybridized carbons (Fsp3) is 0.368. The Morgan fingerprint density at radius 1 is 0.898 bits per heavy atom. The van der Waals surface area contributed by atoms with Gasteiger partial charge in [0.15, 0.2) is 12.2 Å². The molecule has 0 radical (unpaired) electrons. The van der Waals surface area contributed by atoms with Crippen LogP contribution >= 0.6 is 0 Å². The maximum atomic E-state index is 14.3. The Balaban J connectivity index is 1.70. The molecular weight excluding hydrogens is 626 g/mol. The van der Waals surface area contributed by atoms with Gasteiger partial charge in [0, 0.05) is 20.0 Å². The van der Waals surface area contributed by atoms with Gasteiger partial charge >= 0.3 is 12.1 Å². The van der Waals surface area contributed by atoms with Gasteiger partial charge in [0.05, 0.1) is 12.1 Å². The van der Waals surface area contributed by atoms with E-state index in [0.29, 0.717) is 30.5 Å². The number of phenolic OH excluding ortho intramolecular Hbond substituents is 1. The molecule has 0 saturated heterocycles. The van der Waals surface area contributed by atoms with Crippen molar-refractivity contribution in [2.75, 3.05) is 13.1 Å². The summed E-state index contributed by atoms with van der Waals surface area (Å²) >= 11 is 0. The number of nitrogens with one attached hydrogen (secondary N) is 2. The van der Waals surface area contributed by atoms with Gasteiger partial charge in [-0.05, 0) is 68.5 Å². The number of rotatable bonds is 12. The lowest BCUT2D eigenvalue weighted by Gasteiger charge is -2.39. The molecule has 0 aliphatic carbocycles. The molecule has 11 heteroatoms. The molecule has 3 N–H and O–H groups in total. The van der Waals surface area contributed by atoms with E-state index >= 15 is 0 Å². The van der Waals surface area contributed by atoms with Gasteiger partial charge < -0.3 is 34.9 Å². The summed E-state index contributed by atoms with van der Waals surface area (Å²) in [4.78, 5) is 55.4. The lowest BCUT2D eigenvalue weighted by Crippen LogP contribution is -2.63. The highest BCUT2D eigenvalue weighted by molar-refractivity contribution is 5.90. The summed E-state index contributed by atoms with van der Waals surface area (Å²) in [6.45, 7) is 8.93. The molecule has 0 unspecified atom stereocenters. The van der Waals surface area contributed by atoms with E-state index < -0.39 is 53.8 Å². The summed E-state index contributed by atoms with van der Waals surface area (Å²) < 4.78 is 17.7. The molecule has 0 saturated carbocycles. The van der Waals surface area contributed by atoms with Gasteiger partial charge in [-0.3, -0.25) is 9.59 Å². The fourth-order valence-electron chi connectivity index (χ4n) is 5.51. The quantitative estimate of drug-likeness (QED) is 0.224. The largest absolute Gasteiger partial charge is 0.508 e. The predicted octanol–water partition coefficient (Wildman–Crippen LogP) is 5.19. The van der Waals surface area contributed by atoms with E-state index in [-0.39, 0.29) is 18.1 Å². The van der Waals surface area contributed by atoms with Crippen molar-refractivity contribution in [2.45, 2.75) is 77.4 Å². The summed E-state index contributed by atoms with van der Waals surface area (Å²) in [6, 6.07) is 23.0. The Hall–Kier alpha value is -5.32. The molecule has 3 amide bonds. The topological polar surface area (TPSA) is 144 Å². The zero-order valence-electron chi connectivity index (χ0n) is 28.6. The maximum absolute atomic E-state index is 14.3. The molecule has 11 nitrogen and oxygen atoms in total. The van der Waals surface area contributed by atoms with Gasteiger partial charge in [0.1, 0.15) is 11.4 Å². The summed E-state index contributed by atoms with van der Waals surface area (Å²) in [5.41, 5.74) is 1.40. The number of aromatic hydroxyl groups is 1. The molecule has 4 rings (SSSR count). The summed E-state index contributed by atoms with van der Waals surface area (Å²) in [7, 11) is 0. The first-order chi connectivity index (χ1) is 23.3. The average Bonchev–Trinajstić information content (AvgIpc) is 3.05. The zero-order chi connectivity index (χ0) is 35.6.